The molecule has 19 heavy (non-hydrogen) atoms. The highest BCUT2D eigenvalue weighted by Crippen LogP contribution is 2.66. The van der Waals surface area contributed by atoms with Crippen molar-refractivity contribution in [2.24, 2.45) is 22.5 Å². The van der Waals surface area contributed by atoms with E-state index in [9.17, 15) is 4.79 Å². The van der Waals surface area contributed by atoms with E-state index in [4.69, 9.17) is 15.2 Å². The molecule has 0 heterocycles. The van der Waals surface area contributed by atoms with Crippen LogP contribution in [0.25, 0.3) is 0 Å². The summed E-state index contributed by atoms with van der Waals surface area (Å²) in [4.78, 5) is 12.0. The fourth-order valence-electron chi connectivity index (χ4n) is 3.96. The minimum absolute atomic E-state index is 0.0593. The monoisotopic (exact) mass is 269 g/mol. The van der Waals surface area contributed by atoms with Gasteiger partial charge in [-0.25, -0.2) is 0 Å². The van der Waals surface area contributed by atoms with Gasteiger partial charge in [0, 0.05) is 19.1 Å². The molecule has 0 radical (unpaired) electrons. The van der Waals surface area contributed by atoms with Crippen LogP contribution in [0.2, 0.25) is 0 Å². The lowest BCUT2D eigenvalue weighted by Gasteiger charge is -2.38. The Bertz CT molecular complexity index is 351. The number of hydrogen-bond donors (Lipinski definition) is 1. The van der Waals surface area contributed by atoms with Gasteiger partial charge in [-0.2, -0.15) is 0 Å². The van der Waals surface area contributed by atoms with Crippen LogP contribution >= 0.6 is 0 Å². The van der Waals surface area contributed by atoms with Crippen LogP contribution < -0.4 is 5.73 Å². The van der Waals surface area contributed by atoms with Crippen LogP contribution in [0, 0.1) is 16.7 Å². The van der Waals surface area contributed by atoms with Gasteiger partial charge >= 0.3 is 5.97 Å². The number of carbonyl (C=O) groups is 1. The fraction of sp³-hybridized carbons (Fsp3) is 0.933. The molecule has 4 heteroatoms. The molecular weight excluding hydrogens is 242 g/mol. The molecule has 2 rings (SSSR count). The van der Waals surface area contributed by atoms with Gasteiger partial charge in [0.15, 0.2) is 0 Å². The Labute approximate surface area is 116 Å². The first-order valence-electron chi connectivity index (χ1n) is 7.27. The Morgan fingerprint density at radius 3 is 2.53 bits per heavy atom. The van der Waals surface area contributed by atoms with Crippen molar-refractivity contribution in [1.29, 1.82) is 0 Å². The second-order valence-electron chi connectivity index (χ2n) is 6.89. The molecule has 4 atom stereocenters. The second-order valence-corrected chi connectivity index (χ2v) is 6.89. The average molecular weight is 269 g/mol. The molecule has 110 valence electrons. The zero-order chi connectivity index (χ0) is 14.3. The van der Waals surface area contributed by atoms with Crippen molar-refractivity contribution < 1.29 is 14.3 Å². The SMILES string of the molecule is COC(CN)CC(=O)OC1CC2CCC1(C)C2(C)C. The third-order valence-electron chi connectivity index (χ3n) is 5.98. The zero-order valence-corrected chi connectivity index (χ0v) is 12.6. The number of methoxy groups -OCH3 is 1. The molecule has 2 aliphatic carbocycles. The number of hydrogen-bond acceptors (Lipinski definition) is 4. The van der Waals surface area contributed by atoms with Crippen LogP contribution in [0.3, 0.4) is 0 Å². The molecule has 2 bridgehead atoms. The van der Waals surface area contributed by atoms with Gasteiger partial charge in [-0.1, -0.05) is 20.8 Å². The number of esters is 1. The highest BCUT2D eigenvalue weighted by molar-refractivity contribution is 5.70. The zero-order valence-electron chi connectivity index (χ0n) is 12.6. The van der Waals surface area contributed by atoms with Gasteiger partial charge < -0.3 is 15.2 Å². The smallest absolute Gasteiger partial charge is 0.308 e. The second kappa shape index (κ2) is 5.06. The van der Waals surface area contributed by atoms with Crippen molar-refractivity contribution in [2.75, 3.05) is 13.7 Å². The Morgan fingerprint density at radius 1 is 1.42 bits per heavy atom. The van der Waals surface area contributed by atoms with E-state index in [1.54, 1.807) is 7.11 Å². The number of rotatable bonds is 5. The third-order valence-corrected chi connectivity index (χ3v) is 5.98. The molecule has 0 amide bonds. The highest BCUT2D eigenvalue weighted by Gasteiger charge is 2.62. The Balaban J connectivity index is 1.96. The summed E-state index contributed by atoms with van der Waals surface area (Å²) in [6.07, 6.45) is 3.52. The maximum absolute atomic E-state index is 12.0. The first-order chi connectivity index (χ1) is 8.85. The van der Waals surface area contributed by atoms with Crippen molar-refractivity contribution in [2.45, 2.75) is 58.7 Å². The van der Waals surface area contributed by atoms with Crippen LogP contribution in [-0.4, -0.2) is 31.8 Å². The number of fused-ring (bicyclic) bond motifs is 2. The maximum Gasteiger partial charge on any atom is 0.308 e. The number of carbonyl (C=O) groups excluding carboxylic acids is 1. The van der Waals surface area contributed by atoms with E-state index in [0.717, 1.165) is 12.8 Å². The molecule has 2 N–H and O–H groups in total. The van der Waals surface area contributed by atoms with Gasteiger partial charge in [0.1, 0.15) is 6.10 Å². The summed E-state index contributed by atoms with van der Waals surface area (Å²) < 4.78 is 10.9. The van der Waals surface area contributed by atoms with Crippen LogP contribution in [0.4, 0.5) is 0 Å². The normalized spacial score (nSPS) is 37.3. The Kier molecular flexibility index (Phi) is 3.94. The molecule has 2 aliphatic rings. The number of nitrogens with two attached hydrogens (primary N) is 1. The minimum Gasteiger partial charge on any atom is -0.462 e. The first-order valence-corrected chi connectivity index (χ1v) is 7.27. The average Bonchev–Trinajstić information content (AvgIpc) is 2.69. The maximum atomic E-state index is 12.0. The van der Waals surface area contributed by atoms with Crippen LogP contribution in [0.15, 0.2) is 0 Å². The molecule has 0 aliphatic heterocycles. The molecule has 2 saturated carbocycles. The van der Waals surface area contributed by atoms with Crippen LogP contribution in [-0.2, 0) is 14.3 Å². The lowest BCUT2D eigenvalue weighted by molar-refractivity contribution is -0.159. The van der Waals surface area contributed by atoms with Gasteiger partial charge in [-0.3, -0.25) is 4.79 Å². The standard InChI is InChI=1S/C15H27NO3/c1-14(2)10-5-6-15(14,3)12(7-10)19-13(17)8-11(9-16)18-4/h10-12H,5-9,16H2,1-4H3. The van der Waals surface area contributed by atoms with Crippen LogP contribution in [0.5, 0.6) is 0 Å². The van der Waals surface area contributed by atoms with E-state index < -0.39 is 0 Å². The fourth-order valence-corrected chi connectivity index (χ4v) is 3.96. The quantitative estimate of drug-likeness (QED) is 0.776. The van der Waals surface area contributed by atoms with E-state index in [1.165, 1.54) is 6.42 Å². The topological polar surface area (TPSA) is 61.5 Å². The summed E-state index contributed by atoms with van der Waals surface area (Å²) >= 11 is 0. The van der Waals surface area contributed by atoms with Gasteiger partial charge in [0.25, 0.3) is 0 Å². The van der Waals surface area contributed by atoms with E-state index in [-0.39, 0.29) is 35.4 Å². The number of ether oxygens (including phenoxy) is 2. The molecule has 0 spiro atoms. The summed E-state index contributed by atoms with van der Waals surface area (Å²) in [6.45, 7) is 7.25. The van der Waals surface area contributed by atoms with Crippen molar-refractivity contribution in [3.63, 3.8) is 0 Å². The molecule has 0 saturated heterocycles. The predicted molar refractivity (Wildman–Crippen MR) is 73.6 cm³/mol. The summed E-state index contributed by atoms with van der Waals surface area (Å²) in [7, 11) is 1.58. The summed E-state index contributed by atoms with van der Waals surface area (Å²) in [5.41, 5.74) is 5.93. The van der Waals surface area contributed by atoms with E-state index in [0.29, 0.717) is 12.5 Å². The molecule has 0 aromatic heterocycles. The first kappa shape index (κ1) is 14.8. The highest BCUT2D eigenvalue weighted by atomic mass is 16.5. The third kappa shape index (κ3) is 2.29. The summed E-state index contributed by atoms with van der Waals surface area (Å²) in [6, 6.07) is 0. The molecular formula is C15H27NO3. The van der Waals surface area contributed by atoms with Crippen molar-refractivity contribution >= 4 is 5.97 Å². The largest absolute Gasteiger partial charge is 0.462 e. The van der Waals surface area contributed by atoms with Crippen molar-refractivity contribution in [1.82, 2.24) is 0 Å². The van der Waals surface area contributed by atoms with Gasteiger partial charge in [0.05, 0.1) is 12.5 Å². The van der Waals surface area contributed by atoms with Crippen LogP contribution in [0.1, 0.15) is 46.5 Å². The minimum atomic E-state index is -0.230. The lowest BCUT2D eigenvalue weighted by atomic mass is 9.70. The van der Waals surface area contributed by atoms with Gasteiger partial charge in [-0.15, -0.1) is 0 Å². The van der Waals surface area contributed by atoms with Gasteiger partial charge in [0.2, 0.25) is 0 Å². The molecule has 4 nitrogen and oxygen atoms in total. The molecule has 4 unspecified atom stereocenters. The van der Waals surface area contributed by atoms with Crippen molar-refractivity contribution in [3.05, 3.63) is 0 Å². The van der Waals surface area contributed by atoms with Gasteiger partial charge in [-0.05, 0) is 30.6 Å². The summed E-state index contributed by atoms with van der Waals surface area (Å²) in [5, 5.41) is 0. The Hall–Kier alpha value is -0.610. The Morgan fingerprint density at radius 2 is 2.11 bits per heavy atom. The molecule has 2 fully saturated rings. The van der Waals surface area contributed by atoms with Crippen molar-refractivity contribution in [3.8, 4) is 0 Å². The van der Waals surface area contributed by atoms with E-state index in [1.807, 2.05) is 0 Å². The van der Waals surface area contributed by atoms with E-state index in [2.05, 4.69) is 20.8 Å². The molecule has 0 aromatic carbocycles. The molecule has 0 aromatic rings. The van der Waals surface area contributed by atoms with E-state index >= 15 is 0 Å². The summed E-state index contributed by atoms with van der Waals surface area (Å²) in [5.74, 6) is 0.509. The predicted octanol–water partition coefficient (Wildman–Crippen LogP) is 2.11. The lowest BCUT2D eigenvalue weighted by Crippen LogP contribution is -2.39.